The number of pyridine rings is 1. The molecule has 178 valence electrons. The molecule has 1 aliphatic rings. The zero-order valence-electron chi connectivity index (χ0n) is 18.9. The van der Waals surface area contributed by atoms with Crippen molar-refractivity contribution < 1.29 is 29.0 Å². The molecule has 0 spiro atoms. The van der Waals surface area contributed by atoms with E-state index in [0.717, 1.165) is 11.3 Å². The zero-order chi connectivity index (χ0) is 25.1. The first-order valence-corrected chi connectivity index (χ1v) is 11.3. The molecule has 1 aromatic carbocycles. The molecule has 1 N–H and O–H groups in total. The molecule has 0 bridgehead atoms. The highest BCUT2D eigenvalue weighted by atomic mass is 32.1. The fourth-order valence-electron chi connectivity index (χ4n) is 3.70. The Labute approximate surface area is 205 Å². The van der Waals surface area contributed by atoms with Gasteiger partial charge in [0.2, 0.25) is 0 Å². The van der Waals surface area contributed by atoms with Crippen LogP contribution in [-0.2, 0) is 14.3 Å². The van der Waals surface area contributed by atoms with Crippen molar-refractivity contribution in [2.45, 2.75) is 13.0 Å². The van der Waals surface area contributed by atoms with Crippen LogP contribution in [0, 0.1) is 6.92 Å². The van der Waals surface area contributed by atoms with Crippen LogP contribution in [0.3, 0.4) is 0 Å². The number of aromatic nitrogens is 2. The van der Waals surface area contributed by atoms with Gasteiger partial charge < -0.3 is 14.6 Å². The number of carbonyl (C=O) groups is 3. The van der Waals surface area contributed by atoms with Crippen LogP contribution in [0.1, 0.15) is 32.5 Å². The number of hydrogen-bond donors (Lipinski definition) is 1. The Morgan fingerprint density at radius 3 is 2.69 bits per heavy atom. The van der Waals surface area contributed by atoms with Crippen molar-refractivity contribution in [2.24, 2.45) is 0 Å². The molecule has 3 heterocycles. The summed E-state index contributed by atoms with van der Waals surface area (Å²) in [5.41, 5.74) is 1.08. The van der Waals surface area contributed by atoms with Crippen LogP contribution in [0.5, 0.6) is 5.75 Å². The van der Waals surface area contributed by atoms with Gasteiger partial charge in [-0.25, -0.2) is 9.78 Å². The molecule has 0 saturated carbocycles. The largest absolute Gasteiger partial charge is 0.507 e. The molecule has 1 unspecified atom stereocenters. The number of ether oxygens (including phenoxy) is 2. The van der Waals surface area contributed by atoms with Crippen LogP contribution in [0.4, 0.5) is 5.13 Å². The third-order valence-corrected chi connectivity index (χ3v) is 6.45. The molecule has 0 aliphatic carbocycles. The maximum absolute atomic E-state index is 13.3. The van der Waals surface area contributed by atoms with Crippen molar-refractivity contribution in [3.05, 3.63) is 88.7 Å². The summed E-state index contributed by atoms with van der Waals surface area (Å²) in [5, 5.41) is 11.2. The fraction of sp³-hybridized carbons (Fsp3) is 0.160. The zero-order valence-corrected chi connectivity index (χ0v) is 19.7. The van der Waals surface area contributed by atoms with Gasteiger partial charge in [0.25, 0.3) is 5.78 Å². The van der Waals surface area contributed by atoms with Crippen LogP contribution < -0.4 is 9.64 Å². The van der Waals surface area contributed by atoms with Crippen molar-refractivity contribution in [1.82, 2.24) is 9.97 Å². The van der Waals surface area contributed by atoms with E-state index in [4.69, 9.17) is 9.47 Å². The first-order chi connectivity index (χ1) is 16.9. The number of hydrogen-bond acceptors (Lipinski definition) is 9. The first-order valence-electron chi connectivity index (χ1n) is 10.5. The number of ketones is 1. The number of amides is 1. The number of esters is 1. The minimum atomic E-state index is -1.01. The van der Waals surface area contributed by atoms with Crippen LogP contribution in [0.2, 0.25) is 0 Å². The minimum absolute atomic E-state index is 0.0196. The third-order valence-electron chi connectivity index (χ3n) is 5.32. The second-order valence-corrected chi connectivity index (χ2v) is 8.46. The van der Waals surface area contributed by atoms with Gasteiger partial charge in [-0.15, -0.1) is 0 Å². The lowest BCUT2D eigenvalue weighted by Gasteiger charge is -2.23. The number of carbonyl (C=O) groups excluding carboxylic acids is 3. The van der Waals surface area contributed by atoms with E-state index in [0.29, 0.717) is 22.6 Å². The summed E-state index contributed by atoms with van der Waals surface area (Å²) < 4.78 is 10.4. The molecule has 4 rings (SSSR count). The second kappa shape index (κ2) is 9.90. The van der Waals surface area contributed by atoms with E-state index in [1.165, 1.54) is 42.6 Å². The highest BCUT2D eigenvalue weighted by molar-refractivity contribution is 7.17. The third kappa shape index (κ3) is 4.43. The van der Waals surface area contributed by atoms with Crippen molar-refractivity contribution in [2.75, 3.05) is 18.6 Å². The van der Waals surface area contributed by atoms with Crippen LogP contribution in [-0.4, -0.2) is 46.5 Å². The molecule has 0 radical (unpaired) electrons. The summed E-state index contributed by atoms with van der Waals surface area (Å²) in [5.74, 6) is -2.22. The summed E-state index contributed by atoms with van der Waals surface area (Å²) in [6, 6.07) is 8.88. The van der Waals surface area contributed by atoms with Gasteiger partial charge in [-0.2, -0.15) is 0 Å². The van der Waals surface area contributed by atoms with Crippen molar-refractivity contribution >= 4 is 39.9 Å². The number of methoxy groups -OCH3 is 1. The Balaban J connectivity index is 1.89. The molecule has 10 heteroatoms. The van der Waals surface area contributed by atoms with Crippen molar-refractivity contribution in [3.63, 3.8) is 0 Å². The predicted octanol–water partition coefficient (Wildman–Crippen LogP) is 3.82. The highest BCUT2D eigenvalue weighted by Crippen LogP contribution is 2.44. The summed E-state index contributed by atoms with van der Waals surface area (Å²) >= 11 is 0.926. The van der Waals surface area contributed by atoms with Gasteiger partial charge in [-0.05, 0) is 36.8 Å². The van der Waals surface area contributed by atoms with Gasteiger partial charge in [0.05, 0.1) is 24.4 Å². The van der Waals surface area contributed by atoms with E-state index < -0.39 is 23.7 Å². The molecule has 3 aromatic rings. The fourth-order valence-corrected chi connectivity index (χ4v) is 4.68. The maximum atomic E-state index is 13.3. The summed E-state index contributed by atoms with van der Waals surface area (Å²) in [6.45, 7) is 5.15. The number of aliphatic hydroxyl groups excluding tert-OH is 1. The smallest absolute Gasteiger partial charge is 0.350 e. The van der Waals surface area contributed by atoms with Gasteiger partial charge in [0.1, 0.15) is 23.0 Å². The first kappa shape index (κ1) is 23.8. The van der Waals surface area contributed by atoms with E-state index in [2.05, 4.69) is 16.5 Å². The topological polar surface area (TPSA) is 119 Å². The molecule has 1 atom stereocenters. The number of aliphatic hydroxyl groups is 1. The van der Waals surface area contributed by atoms with Crippen LogP contribution in [0.15, 0.2) is 67.0 Å². The number of aryl methyl sites for hydroxylation is 1. The number of nitrogens with zero attached hydrogens (tertiary/aromatic N) is 3. The predicted molar refractivity (Wildman–Crippen MR) is 129 cm³/mol. The quantitative estimate of drug-likeness (QED) is 0.174. The number of rotatable bonds is 7. The Kier molecular flexibility index (Phi) is 6.74. The number of thiazole rings is 1. The lowest BCUT2D eigenvalue weighted by molar-refractivity contribution is -0.132. The Bertz CT molecular complexity index is 1350. The Morgan fingerprint density at radius 1 is 1.26 bits per heavy atom. The highest BCUT2D eigenvalue weighted by Gasteiger charge is 2.48. The van der Waals surface area contributed by atoms with Crippen molar-refractivity contribution in [1.29, 1.82) is 0 Å². The molecule has 1 amide bonds. The van der Waals surface area contributed by atoms with E-state index in [1.807, 2.05) is 0 Å². The van der Waals surface area contributed by atoms with E-state index in [1.54, 1.807) is 31.2 Å². The van der Waals surface area contributed by atoms with Gasteiger partial charge in [-0.3, -0.25) is 19.5 Å². The minimum Gasteiger partial charge on any atom is -0.507 e. The second-order valence-electron chi connectivity index (χ2n) is 7.48. The van der Waals surface area contributed by atoms with Gasteiger partial charge in [-0.1, -0.05) is 36.1 Å². The molecule has 35 heavy (non-hydrogen) atoms. The van der Waals surface area contributed by atoms with E-state index >= 15 is 0 Å². The van der Waals surface area contributed by atoms with Crippen molar-refractivity contribution in [3.8, 4) is 5.75 Å². The Hall–Kier alpha value is -4.31. The monoisotopic (exact) mass is 491 g/mol. The maximum Gasteiger partial charge on any atom is 0.350 e. The molecular weight excluding hydrogens is 470 g/mol. The lowest BCUT2D eigenvalue weighted by atomic mass is 9.95. The molecule has 1 saturated heterocycles. The lowest BCUT2D eigenvalue weighted by Crippen LogP contribution is -2.29. The SMILES string of the molecule is C=CCOC(=O)c1sc(N2C(=O)C(=O)/C(=C(/O)c3ccncc3)C2c2cccc(OC)c2)nc1C. The van der Waals surface area contributed by atoms with Gasteiger partial charge in [0, 0.05) is 18.0 Å². The average Bonchev–Trinajstić information content (AvgIpc) is 3.39. The molecule has 1 fully saturated rings. The van der Waals surface area contributed by atoms with E-state index in [9.17, 15) is 19.5 Å². The molecular formula is C25H21N3O6S. The van der Waals surface area contributed by atoms with Gasteiger partial charge >= 0.3 is 11.9 Å². The Morgan fingerprint density at radius 2 is 2.00 bits per heavy atom. The van der Waals surface area contributed by atoms with Crippen LogP contribution in [0.25, 0.3) is 5.76 Å². The standard InChI is InChI=1S/C25H21N3O6S/c1-4-12-34-24(32)22-14(2)27-25(35-22)28-19(16-6-5-7-17(13-16)33-3)18(21(30)23(28)31)20(29)15-8-10-26-11-9-15/h4-11,13,19,29H,1,12H2,2-3H3/b20-18+. The average molecular weight is 492 g/mol. The summed E-state index contributed by atoms with van der Waals surface area (Å²) in [4.78, 5) is 48.7. The molecule has 9 nitrogen and oxygen atoms in total. The van der Waals surface area contributed by atoms with E-state index in [-0.39, 0.29) is 27.9 Å². The number of Topliss-reactive ketones (excluding diaryl/α,β-unsaturated/α-hetero) is 1. The van der Waals surface area contributed by atoms with Gasteiger partial charge in [0.15, 0.2) is 5.13 Å². The summed E-state index contributed by atoms with van der Waals surface area (Å²) in [7, 11) is 1.50. The normalized spacial score (nSPS) is 16.9. The number of benzene rings is 1. The molecule has 1 aliphatic heterocycles. The summed E-state index contributed by atoms with van der Waals surface area (Å²) in [6.07, 6.45) is 4.38. The van der Waals surface area contributed by atoms with Crippen LogP contribution >= 0.6 is 11.3 Å². The molecule has 2 aromatic heterocycles. The number of anilines is 1.